The zero-order valence-electron chi connectivity index (χ0n) is 7.59. The van der Waals surface area contributed by atoms with Gasteiger partial charge in [0.2, 0.25) is 0 Å². The number of aliphatic hydroxyl groups is 1. The van der Waals surface area contributed by atoms with Crippen molar-refractivity contribution in [2.45, 2.75) is 6.10 Å². The smallest absolute Gasteiger partial charge is 0.110 e. The quantitative estimate of drug-likeness (QED) is 0.726. The topological polar surface area (TPSA) is 72.0 Å². The van der Waals surface area contributed by atoms with E-state index in [1.54, 1.807) is 6.20 Å². The summed E-state index contributed by atoms with van der Waals surface area (Å²) in [4.78, 5) is 8.43. The molecule has 14 heavy (non-hydrogen) atoms. The van der Waals surface area contributed by atoms with Crippen molar-refractivity contribution in [2.24, 2.45) is 5.73 Å². The molecule has 0 aliphatic rings. The van der Waals surface area contributed by atoms with Crippen LogP contribution in [-0.4, -0.2) is 21.6 Å². The SMILES string of the molecule is NC[C@H](O)c1cnc2ccccc2n1. The van der Waals surface area contributed by atoms with E-state index in [4.69, 9.17) is 5.73 Å². The van der Waals surface area contributed by atoms with Gasteiger partial charge in [0.05, 0.1) is 22.9 Å². The molecule has 0 aliphatic heterocycles. The lowest BCUT2D eigenvalue weighted by molar-refractivity contribution is 0.182. The number of aliphatic hydroxyl groups excluding tert-OH is 1. The van der Waals surface area contributed by atoms with Crippen molar-refractivity contribution >= 4 is 11.0 Å². The van der Waals surface area contributed by atoms with E-state index in [0.29, 0.717) is 5.69 Å². The molecule has 3 N–H and O–H groups in total. The van der Waals surface area contributed by atoms with Crippen molar-refractivity contribution in [1.82, 2.24) is 9.97 Å². The molecule has 0 radical (unpaired) electrons. The number of aromatic nitrogens is 2. The summed E-state index contributed by atoms with van der Waals surface area (Å²) in [7, 11) is 0. The van der Waals surface area contributed by atoms with Crippen LogP contribution in [0, 0.1) is 0 Å². The van der Waals surface area contributed by atoms with Gasteiger partial charge < -0.3 is 10.8 Å². The van der Waals surface area contributed by atoms with Gasteiger partial charge in [0.25, 0.3) is 0 Å². The Labute approximate surface area is 81.4 Å². The van der Waals surface area contributed by atoms with Crippen LogP contribution in [0.3, 0.4) is 0 Å². The summed E-state index contributed by atoms with van der Waals surface area (Å²) in [5, 5.41) is 9.46. The molecule has 4 heteroatoms. The standard InChI is InChI=1S/C10H11N3O/c11-5-10(14)9-6-12-7-3-1-2-4-8(7)13-9/h1-4,6,10,14H,5,11H2/t10-/m0/s1. The van der Waals surface area contributed by atoms with E-state index < -0.39 is 6.10 Å². The van der Waals surface area contributed by atoms with E-state index in [-0.39, 0.29) is 6.54 Å². The Morgan fingerprint density at radius 3 is 2.71 bits per heavy atom. The van der Waals surface area contributed by atoms with Crippen LogP contribution < -0.4 is 5.73 Å². The van der Waals surface area contributed by atoms with Crippen molar-refractivity contribution in [1.29, 1.82) is 0 Å². The Morgan fingerprint density at radius 1 is 1.29 bits per heavy atom. The molecule has 1 heterocycles. The molecule has 4 nitrogen and oxygen atoms in total. The van der Waals surface area contributed by atoms with E-state index in [1.807, 2.05) is 24.3 Å². The maximum atomic E-state index is 9.46. The van der Waals surface area contributed by atoms with Crippen molar-refractivity contribution in [3.8, 4) is 0 Å². The minimum atomic E-state index is -0.730. The number of para-hydroxylation sites is 2. The second-order valence-electron chi connectivity index (χ2n) is 3.04. The number of rotatable bonds is 2. The predicted octanol–water partition coefficient (Wildman–Crippen LogP) is 0.622. The predicted molar refractivity (Wildman–Crippen MR) is 53.6 cm³/mol. The average molecular weight is 189 g/mol. The molecule has 0 fully saturated rings. The highest BCUT2D eigenvalue weighted by molar-refractivity contribution is 5.73. The molecule has 0 aliphatic carbocycles. The highest BCUT2D eigenvalue weighted by Crippen LogP contribution is 2.12. The van der Waals surface area contributed by atoms with Gasteiger partial charge in [-0.15, -0.1) is 0 Å². The summed E-state index contributed by atoms with van der Waals surface area (Å²) in [6, 6.07) is 7.52. The molecule has 0 unspecified atom stereocenters. The van der Waals surface area contributed by atoms with Crippen LogP contribution in [0.15, 0.2) is 30.5 Å². The van der Waals surface area contributed by atoms with Crippen LogP contribution in [0.5, 0.6) is 0 Å². The molecule has 2 rings (SSSR count). The lowest BCUT2D eigenvalue weighted by Gasteiger charge is -2.06. The van der Waals surface area contributed by atoms with Crippen molar-refractivity contribution in [3.63, 3.8) is 0 Å². The first kappa shape index (κ1) is 9.05. The normalized spacial score (nSPS) is 13.0. The Kier molecular flexibility index (Phi) is 2.39. The first-order valence-corrected chi connectivity index (χ1v) is 4.41. The molecule has 0 saturated carbocycles. The minimum absolute atomic E-state index is 0.160. The van der Waals surface area contributed by atoms with Gasteiger partial charge in [0.1, 0.15) is 6.10 Å². The van der Waals surface area contributed by atoms with E-state index in [2.05, 4.69) is 9.97 Å². The van der Waals surface area contributed by atoms with Crippen molar-refractivity contribution in [2.75, 3.05) is 6.54 Å². The number of nitrogens with zero attached hydrogens (tertiary/aromatic N) is 2. The number of benzene rings is 1. The van der Waals surface area contributed by atoms with Gasteiger partial charge in [-0.25, -0.2) is 4.98 Å². The lowest BCUT2D eigenvalue weighted by Crippen LogP contribution is -2.13. The third-order valence-corrected chi connectivity index (χ3v) is 2.03. The molecule has 2 aromatic rings. The fourth-order valence-electron chi connectivity index (χ4n) is 1.25. The van der Waals surface area contributed by atoms with Crippen LogP contribution in [0.4, 0.5) is 0 Å². The third kappa shape index (κ3) is 1.57. The van der Waals surface area contributed by atoms with Gasteiger partial charge in [-0.3, -0.25) is 4.98 Å². The number of hydrogen-bond donors (Lipinski definition) is 2. The fourth-order valence-corrected chi connectivity index (χ4v) is 1.25. The second-order valence-corrected chi connectivity index (χ2v) is 3.04. The Bertz CT molecular complexity index is 444. The van der Waals surface area contributed by atoms with Gasteiger partial charge in [-0.1, -0.05) is 12.1 Å². The van der Waals surface area contributed by atoms with E-state index in [1.165, 1.54) is 0 Å². The van der Waals surface area contributed by atoms with E-state index in [0.717, 1.165) is 11.0 Å². The Morgan fingerprint density at radius 2 is 2.00 bits per heavy atom. The highest BCUT2D eigenvalue weighted by Gasteiger charge is 2.07. The maximum absolute atomic E-state index is 9.46. The first-order chi connectivity index (χ1) is 6.81. The number of hydrogen-bond acceptors (Lipinski definition) is 4. The molecule has 0 bridgehead atoms. The van der Waals surface area contributed by atoms with Crippen LogP contribution in [0.25, 0.3) is 11.0 Å². The molecule has 0 saturated heterocycles. The molecule has 72 valence electrons. The minimum Gasteiger partial charge on any atom is -0.385 e. The Balaban J connectivity index is 2.51. The van der Waals surface area contributed by atoms with Gasteiger partial charge in [0, 0.05) is 6.54 Å². The average Bonchev–Trinajstić information content (AvgIpc) is 2.27. The summed E-state index contributed by atoms with van der Waals surface area (Å²) in [5.74, 6) is 0. The molecule has 1 aromatic carbocycles. The van der Waals surface area contributed by atoms with E-state index >= 15 is 0 Å². The van der Waals surface area contributed by atoms with Gasteiger partial charge >= 0.3 is 0 Å². The van der Waals surface area contributed by atoms with Crippen LogP contribution in [0.1, 0.15) is 11.8 Å². The first-order valence-electron chi connectivity index (χ1n) is 4.41. The summed E-state index contributed by atoms with van der Waals surface area (Å²) in [6.07, 6.45) is 0.826. The third-order valence-electron chi connectivity index (χ3n) is 2.03. The van der Waals surface area contributed by atoms with Crippen LogP contribution in [-0.2, 0) is 0 Å². The summed E-state index contributed by atoms with van der Waals surface area (Å²) < 4.78 is 0. The lowest BCUT2D eigenvalue weighted by atomic mass is 10.2. The summed E-state index contributed by atoms with van der Waals surface area (Å²) in [6.45, 7) is 0.160. The van der Waals surface area contributed by atoms with Crippen LogP contribution in [0.2, 0.25) is 0 Å². The second kappa shape index (κ2) is 3.69. The number of nitrogens with two attached hydrogens (primary N) is 1. The van der Waals surface area contributed by atoms with Gasteiger partial charge in [-0.2, -0.15) is 0 Å². The van der Waals surface area contributed by atoms with Crippen molar-refractivity contribution < 1.29 is 5.11 Å². The maximum Gasteiger partial charge on any atom is 0.110 e. The van der Waals surface area contributed by atoms with Gasteiger partial charge in [0.15, 0.2) is 0 Å². The number of fused-ring (bicyclic) bond motifs is 1. The zero-order chi connectivity index (χ0) is 9.97. The zero-order valence-corrected chi connectivity index (χ0v) is 7.59. The molecule has 0 amide bonds. The summed E-state index contributed by atoms with van der Waals surface area (Å²) in [5.41, 5.74) is 7.45. The summed E-state index contributed by atoms with van der Waals surface area (Å²) >= 11 is 0. The molecule has 1 aromatic heterocycles. The van der Waals surface area contributed by atoms with Gasteiger partial charge in [-0.05, 0) is 12.1 Å². The van der Waals surface area contributed by atoms with Crippen LogP contribution >= 0.6 is 0 Å². The molecular weight excluding hydrogens is 178 g/mol. The molecular formula is C10H11N3O. The fraction of sp³-hybridized carbons (Fsp3) is 0.200. The Hall–Kier alpha value is -1.52. The molecule has 1 atom stereocenters. The largest absolute Gasteiger partial charge is 0.385 e. The van der Waals surface area contributed by atoms with E-state index in [9.17, 15) is 5.11 Å². The monoisotopic (exact) mass is 189 g/mol. The highest BCUT2D eigenvalue weighted by atomic mass is 16.3. The molecule has 0 spiro atoms. The van der Waals surface area contributed by atoms with Crippen molar-refractivity contribution in [3.05, 3.63) is 36.2 Å².